The van der Waals surface area contributed by atoms with Gasteiger partial charge in [-0.05, 0) is 29.2 Å². The van der Waals surface area contributed by atoms with E-state index < -0.39 is 6.09 Å². The Morgan fingerprint density at radius 3 is 2.27 bits per heavy atom. The number of carbonyl (C=O) groups excluding carboxylic acids is 1. The Balaban J connectivity index is 1.79. The van der Waals surface area contributed by atoms with Crippen LogP contribution in [0.3, 0.4) is 0 Å². The van der Waals surface area contributed by atoms with Crippen molar-refractivity contribution < 1.29 is 9.53 Å². The van der Waals surface area contributed by atoms with Crippen LogP contribution < -0.4 is 5.32 Å². The van der Waals surface area contributed by atoms with Crippen molar-refractivity contribution in [2.45, 2.75) is 18.9 Å². The summed E-state index contributed by atoms with van der Waals surface area (Å²) in [6.07, 6.45) is 1.26. The van der Waals surface area contributed by atoms with Crippen molar-refractivity contribution in [3.63, 3.8) is 0 Å². The summed E-state index contributed by atoms with van der Waals surface area (Å²) in [6.45, 7) is 5.83. The maximum absolute atomic E-state index is 11.8. The second-order valence-electron chi connectivity index (χ2n) is 5.49. The molecule has 1 N–H and O–H groups in total. The van der Waals surface area contributed by atoms with Crippen LogP contribution in [-0.4, -0.2) is 18.7 Å². The molecule has 0 heterocycles. The summed E-state index contributed by atoms with van der Waals surface area (Å²) in [5, 5.41) is 2.72. The molecule has 0 saturated heterocycles. The van der Waals surface area contributed by atoms with E-state index in [2.05, 4.69) is 36.2 Å². The largest absolute Gasteiger partial charge is 0.449 e. The molecule has 22 heavy (non-hydrogen) atoms. The summed E-state index contributed by atoms with van der Waals surface area (Å²) < 4.78 is 5.41. The minimum absolute atomic E-state index is 0.0946. The molecule has 1 atom stereocenters. The molecule has 0 bridgehead atoms. The van der Waals surface area contributed by atoms with Crippen molar-refractivity contribution in [3.8, 4) is 11.1 Å². The zero-order valence-electron chi connectivity index (χ0n) is 12.6. The van der Waals surface area contributed by atoms with E-state index in [0.29, 0.717) is 6.61 Å². The summed E-state index contributed by atoms with van der Waals surface area (Å²) in [4.78, 5) is 11.8. The smallest absolute Gasteiger partial charge is 0.407 e. The van der Waals surface area contributed by atoms with Crippen LogP contribution in [0.5, 0.6) is 0 Å². The quantitative estimate of drug-likeness (QED) is 0.862. The molecular weight excluding hydrogens is 274 g/mol. The first-order valence-electron chi connectivity index (χ1n) is 7.44. The number of alkyl carbamates (subject to hydrolysis) is 1. The number of benzene rings is 2. The van der Waals surface area contributed by atoms with E-state index in [1.165, 1.54) is 22.3 Å². The van der Waals surface area contributed by atoms with E-state index in [1.807, 2.05) is 31.2 Å². The number of amides is 1. The first-order chi connectivity index (χ1) is 10.7. The standard InChI is InChI=1S/C19H19NO2/c1-3-13(2)20-19(21)22-12-18-16-10-6-4-8-14(16)15-9-5-7-11-17(15)18/h3-11,13,18H,1,12H2,2H3,(H,20,21). The van der Waals surface area contributed by atoms with Crippen LogP contribution in [0.2, 0.25) is 0 Å². The predicted octanol–water partition coefficient (Wildman–Crippen LogP) is 4.10. The summed E-state index contributed by atoms with van der Waals surface area (Å²) >= 11 is 0. The summed E-state index contributed by atoms with van der Waals surface area (Å²) in [5.41, 5.74) is 4.89. The Morgan fingerprint density at radius 2 is 1.73 bits per heavy atom. The number of hydrogen-bond donors (Lipinski definition) is 1. The molecule has 0 spiro atoms. The zero-order valence-corrected chi connectivity index (χ0v) is 12.6. The molecule has 2 aromatic carbocycles. The highest BCUT2D eigenvalue weighted by molar-refractivity contribution is 5.79. The maximum atomic E-state index is 11.8. The van der Waals surface area contributed by atoms with Gasteiger partial charge in [0.05, 0.1) is 0 Å². The summed E-state index contributed by atoms with van der Waals surface area (Å²) in [6, 6.07) is 16.5. The molecule has 0 fully saturated rings. The van der Waals surface area contributed by atoms with Crippen LogP contribution in [0.15, 0.2) is 61.2 Å². The van der Waals surface area contributed by atoms with E-state index in [9.17, 15) is 4.79 Å². The molecule has 0 aliphatic heterocycles. The van der Waals surface area contributed by atoms with E-state index >= 15 is 0 Å². The van der Waals surface area contributed by atoms with Crippen molar-refractivity contribution in [2.75, 3.05) is 6.61 Å². The molecule has 3 rings (SSSR count). The van der Waals surface area contributed by atoms with Gasteiger partial charge in [0, 0.05) is 12.0 Å². The van der Waals surface area contributed by atoms with Crippen LogP contribution in [0, 0.1) is 0 Å². The minimum atomic E-state index is -0.408. The lowest BCUT2D eigenvalue weighted by atomic mass is 9.98. The molecule has 1 unspecified atom stereocenters. The van der Waals surface area contributed by atoms with Crippen molar-refractivity contribution in [3.05, 3.63) is 72.3 Å². The molecule has 0 aromatic heterocycles. The lowest BCUT2D eigenvalue weighted by molar-refractivity contribution is 0.141. The Morgan fingerprint density at radius 1 is 1.18 bits per heavy atom. The van der Waals surface area contributed by atoms with Crippen LogP contribution in [0.25, 0.3) is 11.1 Å². The van der Waals surface area contributed by atoms with Gasteiger partial charge in [0.2, 0.25) is 0 Å². The number of rotatable bonds is 4. The Hall–Kier alpha value is -2.55. The van der Waals surface area contributed by atoms with Gasteiger partial charge in [-0.15, -0.1) is 6.58 Å². The SMILES string of the molecule is C=CC(C)NC(=O)OCC1c2ccccc2-c2ccccc21. The van der Waals surface area contributed by atoms with Gasteiger partial charge in [-0.25, -0.2) is 4.79 Å². The molecule has 3 heteroatoms. The van der Waals surface area contributed by atoms with Gasteiger partial charge in [-0.2, -0.15) is 0 Å². The third kappa shape index (κ3) is 2.62. The normalized spacial score (nSPS) is 13.9. The highest BCUT2D eigenvalue weighted by atomic mass is 16.5. The fourth-order valence-electron chi connectivity index (χ4n) is 2.88. The maximum Gasteiger partial charge on any atom is 0.407 e. The molecule has 1 amide bonds. The van der Waals surface area contributed by atoms with Crippen LogP contribution in [0.1, 0.15) is 24.0 Å². The average Bonchev–Trinajstić information content (AvgIpc) is 2.87. The van der Waals surface area contributed by atoms with Gasteiger partial charge in [0.1, 0.15) is 6.61 Å². The molecule has 2 aromatic rings. The van der Waals surface area contributed by atoms with Crippen molar-refractivity contribution in [2.24, 2.45) is 0 Å². The Kier molecular flexibility index (Phi) is 3.96. The van der Waals surface area contributed by atoms with Crippen molar-refractivity contribution in [1.29, 1.82) is 0 Å². The van der Waals surface area contributed by atoms with E-state index in [0.717, 1.165) is 0 Å². The van der Waals surface area contributed by atoms with E-state index in [-0.39, 0.29) is 12.0 Å². The number of hydrogen-bond acceptors (Lipinski definition) is 2. The molecule has 112 valence electrons. The van der Waals surface area contributed by atoms with Crippen LogP contribution in [-0.2, 0) is 4.74 Å². The summed E-state index contributed by atoms with van der Waals surface area (Å²) in [5.74, 6) is 0.0946. The molecule has 1 aliphatic carbocycles. The van der Waals surface area contributed by atoms with Gasteiger partial charge in [-0.1, -0.05) is 54.6 Å². The lowest BCUT2D eigenvalue weighted by Crippen LogP contribution is -2.32. The minimum Gasteiger partial charge on any atom is -0.449 e. The highest BCUT2D eigenvalue weighted by Gasteiger charge is 2.28. The first-order valence-corrected chi connectivity index (χ1v) is 7.44. The Labute approximate surface area is 130 Å². The Bertz CT molecular complexity index is 663. The third-order valence-electron chi connectivity index (χ3n) is 4.04. The molecular formula is C19H19NO2. The first kappa shape index (κ1) is 14.4. The topological polar surface area (TPSA) is 38.3 Å². The van der Waals surface area contributed by atoms with E-state index in [4.69, 9.17) is 4.74 Å². The molecule has 0 saturated carbocycles. The van der Waals surface area contributed by atoms with Crippen LogP contribution >= 0.6 is 0 Å². The van der Waals surface area contributed by atoms with Gasteiger partial charge in [0.25, 0.3) is 0 Å². The number of carbonyl (C=O) groups is 1. The third-order valence-corrected chi connectivity index (χ3v) is 4.04. The summed E-state index contributed by atoms with van der Waals surface area (Å²) in [7, 11) is 0. The molecule has 1 aliphatic rings. The number of ether oxygens (including phenoxy) is 1. The monoisotopic (exact) mass is 293 g/mol. The average molecular weight is 293 g/mol. The fourth-order valence-corrected chi connectivity index (χ4v) is 2.88. The second kappa shape index (κ2) is 6.06. The lowest BCUT2D eigenvalue weighted by Gasteiger charge is -2.15. The predicted molar refractivity (Wildman–Crippen MR) is 87.9 cm³/mol. The zero-order chi connectivity index (χ0) is 15.5. The van der Waals surface area contributed by atoms with Crippen LogP contribution in [0.4, 0.5) is 4.79 Å². The van der Waals surface area contributed by atoms with Gasteiger partial charge in [-0.3, -0.25) is 0 Å². The van der Waals surface area contributed by atoms with Gasteiger partial charge in [0.15, 0.2) is 0 Å². The fraction of sp³-hybridized carbons (Fsp3) is 0.211. The van der Waals surface area contributed by atoms with Crippen molar-refractivity contribution in [1.82, 2.24) is 5.32 Å². The van der Waals surface area contributed by atoms with E-state index in [1.54, 1.807) is 6.08 Å². The highest BCUT2D eigenvalue weighted by Crippen LogP contribution is 2.44. The molecule has 0 radical (unpaired) electrons. The van der Waals surface area contributed by atoms with Gasteiger partial charge >= 0.3 is 6.09 Å². The number of nitrogens with one attached hydrogen (secondary N) is 1. The van der Waals surface area contributed by atoms with Gasteiger partial charge < -0.3 is 10.1 Å². The molecule has 3 nitrogen and oxygen atoms in total. The van der Waals surface area contributed by atoms with Crippen molar-refractivity contribution >= 4 is 6.09 Å². The number of fused-ring (bicyclic) bond motifs is 3. The second-order valence-corrected chi connectivity index (χ2v) is 5.49.